The maximum atomic E-state index is 13.5. The van der Waals surface area contributed by atoms with Crippen molar-refractivity contribution >= 4 is 40.6 Å². The zero-order valence-electron chi connectivity index (χ0n) is 17.2. The van der Waals surface area contributed by atoms with Crippen molar-refractivity contribution in [1.29, 1.82) is 0 Å². The van der Waals surface area contributed by atoms with Crippen LogP contribution in [0.5, 0.6) is 0 Å². The number of fused-ring (bicyclic) bond motifs is 1. The molecule has 0 saturated carbocycles. The normalized spacial score (nSPS) is 17.7. The van der Waals surface area contributed by atoms with Crippen molar-refractivity contribution in [3.8, 4) is 0 Å². The second-order valence-electron chi connectivity index (χ2n) is 7.89. The van der Waals surface area contributed by atoms with Gasteiger partial charge < -0.3 is 10.0 Å². The summed E-state index contributed by atoms with van der Waals surface area (Å²) in [5.41, 5.74) is 1.82. The molecule has 1 N–H and O–H groups in total. The van der Waals surface area contributed by atoms with E-state index in [0.29, 0.717) is 32.4 Å². The summed E-state index contributed by atoms with van der Waals surface area (Å²) < 4.78 is 0. The molecule has 3 aromatic rings. The van der Waals surface area contributed by atoms with Crippen LogP contribution in [0.15, 0.2) is 60.7 Å². The van der Waals surface area contributed by atoms with Gasteiger partial charge in [-0.15, -0.1) is 0 Å². The summed E-state index contributed by atoms with van der Waals surface area (Å²) in [6.07, 6.45) is -0.347. The second-order valence-corrected chi connectivity index (χ2v) is 8.70. The van der Waals surface area contributed by atoms with E-state index >= 15 is 0 Å². The van der Waals surface area contributed by atoms with Crippen molar-refractivity contribution in [2.45, 2.75) is 32.4 Å². The van der Waals surface area contributed by atoms with Crippen molar-refractivity contribution in [2.75, 3.05) is 4.90 Å². The van der Waals surface area contributed by atoms with E-state index in [2.05, 4.69) is 0 Å². The first-order valence-electron chi connectivity index (χ1n) is 9.89. The topological polar surface area (TPSA) is 57.6 Å². The van der Waals surface area contributed by atoms with Crippen molar-refractivity contribution in [3.05, 3.63) is 98.5 Å². The Labute approximate surface area is 191 Å². The lowest BCUT2D eigenvalue weighted by molar-refractivity contribution is -0.136. The van der Waals surface area contributed by atoms with Crippen molar-refractivity contribution in [2.24, 2.45) is 0 Å². The summed E-state index contributed by atoms with van der Waals surface area (Å²) in [5, 5.41) is 12.4. The van der Waals surface area contributed by atoms with E-state index in [1.54, 1.807) is 48.5 Å². The summed E-state index contributed by atoms with van der Waals surface area (Å²) in [5.74, 6) is -0.854. The Morgan fingerprint density at radius 1 is 1.00 bits per heavy atom. The smallest absolute Gasteiger partial charge is 0.264 e. The van der Waals surface area contributed by atoms with E-state index in [1.807, 2.05) is 26.0 Å². The standard InChI is InChI=1S/C25H21Cl2NO3/c1-15-10-11-16(2)17(12-15)23(29)13-25(31)19-6-3-4-9-22(19)28(24(25)30)14-18-20(26)7-5-8-21(18)27/h3-12,31H,13-14H2,1-2H3. The van der Waals surface area contributed by atoms with Gasteiger partial charge in [0.05, 0.1) is 18.7 Å². The zero-order chi connectivity index (χ0) is 22.3. The third kappa shape index (κ3) is 3.76. The van der Waals surface area contributed by atoms with Crippen LogP contribution in [0.2, 0.25) is 10.0 Å². The van der Waals surface area contributed by atoms with Crippen LogP contribution in [0.3, 0.4) is 0 Å². The first-order chi connectivity index (χ1) is 14.7. The molecule has 1 heterocycles. The van der Waals surface area contributed by atoms with E-state index < -0.39 is 11.5 Å². The number of nitrogens with zero attached hydrogens (tertiary/aromatic N) is 1. The number of carbonyl (C=O) groups excluding carboxylic acids is 2. The van der Waals surface area contributed by atoms with Crippen LogP contribution in [-0.2, 0) is 16.9 Å². The number of amides is 1. The molecular weight excluding hydrogens is 433 g/mol. The van der Waals surface area contributed by atoms with Crippen LogP contribution in [0.1, 0.15) is 39.0 Å². The summed E-state index contributed by atoms with van der Waals surface area (Å²) >= 11 is 12.6. The molecule has 158 valence electrons. The van der Waals surface area contributed by atoms with Gasteiger partial charge in [-0.2, -0.15) is 0 Å². The molecule has 1 atom stereocenters. The fraction of sp³-hybridized carbons (Fsp3) is 0.200. The summed E-state index contributed by atoms with van der Waals surface area (Å²) in [6, 6.07) is 17.7. The Kier molecular flexibility index (Phi) is 5.65. The highest BCUT2D eigenvalue weighted by Gasteiger charge is 2.51. The molecule has 0 aliphatic carbocycles. The SMILES string of the molecule is Cc1ccc(C)c(C(=O)CC2(O)C(=O)N(Cc3c(Cl)cccc3Cl)c3ccccc32)c1. The predicted octanol–water partition coefficient (Wildman–Crippen LogP) is 5.62. The average molecular weight is 454 g/mol. The fourth-order valence-corrected chi connectivity index (χ4v) is 4.56. The molecule has 1 aliphatic heterocycles. The van der Waals surface area contributed by atoms with Gasteiger partial charge in [-0.25, -0.2) is 0 Å². The Balaban J connectivity index is 1.73. The van der Waals surface area contributed by atoms with Gasteiger partial charge in [0.15, 0.2) is 11.4 Å². The Hall–Kier alpha value is -2.66. The number of aryl methyl sites for hydroxylation is 2. The minimum atomic E-state index is -1.96. The lowest BCUT2D eigenvalue weighted by Crippen LogP contribution is -2.41. The number of halogens is 2. The third-order valence-corrected chi connectivity index (χ3v) is 6.44. The first kappa shape index (κ1) is 21.6. The predicted molar refractivity (Wildman–Crippen MR) is 123 cm³/mol. The number of anilines is 1. The Bertz CT molecular complexity index is 1190. The maximum absolute atomic E-state index is 13.5. The van der Waals surface area contributed by atoms with E-state index in [1.165, 1.54) is 4.90 Å². The molecule has 1 amide bonds. The Morgan fingerprint density at radius 3 is 2.39 bits per heavy atom. The Morgan fingerprint density at radius 2 is 1.68 bits per heavy atom. The zero-order valence-corrected chi connectivity index (χ0v) is 18.7. The average Bonchev–Trinajstić information content (AvgIpc) is 2.94. The van der Waals surface area contributed by atoms with Gasteiger partial charge in [0.2, 0.25) is 0 Å². The molecule has 3 aromatic carbocycles. The van der Waals surface area contributed by atoms with Crippen molar-refractivity contribution < 1.29 is 14.7 Å². The quantitative estimate of drug-likeness (QED) is 0.510. The van der Waals surface area contributed by atoms with Crippen LogP contribution in [0, 0.1) is 13.8 Å². The van der Waals surface area contributed by atoms with Crippen LogP contribution >= 0.6 is 23.2 Å². The maximum Gasteiger partial charge on any atom is 0.264 e. The van der Waals surface area contributed by atoms with Gasteiger partial charge in [-0.3, -0.25) is 9.59 Å². The van der Waals surface area contributed by atoms with Crippen LogP contribution in [-0.4, -0.2) is 16.8 Å². The van der Waals surface area contributed by atoms with Crippen LogP contribution < -0.4 is 4.90 Å². The third-order valence-electron chi connectivity index (χ3n) is 5.73. The highest BCUT2D eigenvalue weighted by atomic mass is 35.5. The molecule has 0 bridgehead atoms. The summed E-state index contributed by atoms with van der Waals surface area (Å²) in [4.78, 5) is 28.0. The molecule has 4 rings (SSSR count). The van der Waals surface area contributed by atoms with E-state index in [0.717, 1.165) is 11.1 Å². The number of hydrogen-bond acceptors (Lipinski definition) is 3. The van der Waals surface area contributed by atoms with Gasteiger partial charge in [0.25, 0.3) is 5.91 Å². The number of aliphatic hydroxyl groups is 1. The first-order valence-corrected chi connectivity index (χ1v) is 10.6. The molecule has 6 heteroatoms. The van der Waals surface area contributed by atoms with Crippen LogP contribution in [0.25, 0.3) is 0 Å². The van der Waals surface area contributed by atoms with Crippen LogP contribution in [0.4, 0.5) is 5.69 Å². The molecule has 0 aromatic heterocycles. The number of para-hydroxylation sites is 1. The molecule has 0 spiro atoms. The lowest BCUT2D eigenvalue weighted by atomic mass is 9.87. The monoisotopic (exact) mass is 453 g/mol. The molecule has 0 saturated heterocycles. The summed E-state index contributed by atoms with van der Waals surface area (Å²) in [7, 11) is 0. The van der Waals surface area contributed by atoms with E-state index in [-0.39, 0.29) is 18.7 Å². The lowest BCUT2D eigenvalue weighted by Gasteiger charge is -2.23. The molecule has 0 radical (unpaired) electrons. The van der Waals surface area contributed by atoms with Gasteiger partial charge in [0.1, 0.15) is 0 Å². The number of carbonyl (C=O) groups is 2. The number of benzene rings is 3. The van der Waals surface area contributed by atoms with Crippen molar-refractivity contribution in [3.63, 3.8) is 0 Å². The van der Waals surface area contributed by atoms with Gasteiger partial charge in [-0.1, -0.05) is 65.2 Å². The molecular formula is C25H21Cl2NO3. The van der Waals surface area contributed by atoms with Crippen molar-refractivity contribution in [1.82, 2.24) is 0 Å². The van der Waals surface area contributed by atoms with E-state index in [9.17, 15) is 14.7 Å². The van der Waals surface area contributed by atoms with Gasteiger partial charge in [-0.05, 0) is 43.7 Å². The highest BCUT2D eigenvalue weighted by molar-refractivity contribution is 6.36. The van der Waals surface area contributed by atoms with Gasteiger partial charge >= 0.3 is 0 Å². The summed E-state index contributed by atoms with van der Waals surface area (Å²) in [6.45, 7) is 3.83. The highest BCUT2D eigenvalue weighted by Crippen LogP contribution is 2.44. The number of rotatable bonds is 5. The molecule has 4 nitrogen and oxygen atoms in total. The minimum absolute atomic E-state index is 0.0916. The molecule has 1 aliphatic rings. The minimum Gasteiger partial charge on any atom is -0.375 e. The number of Topliss-reactive ketones (excluding diaryl/α,β-unsaturated/α-hetero) is 1. The molecule has 1 unspecified atom stereocenters. The molecule has 31 heavy (non-hydrogen) atoms. The van der Waals surface area contributed by atoms with E-state index in [4.69, 9.17) is 23.2 Å². The van der Waals surface area contributed by atoms with Gasteiger partial charge in [0, 0.05) is 26.7 Å². The number of ketones is 1. The molecule has 0 fully saturated rings. The largest absolute Gasteiger partial charge is 0.375 e. The fourth-order valence-electron chi connectivity index (χ4n) is 4.04. The number of hydrogen-bond donors (Lipinski definition) is 1. The second kappa shape index (κ2) is 8.12.